The van der Waals surface area contributed by atoms with E-state index in [2.05, 4.69) is 36.3 Å². The van der Waals surface area contributed by atoms with Gasteiger partial charge in [0.15, 0.2) is 0 Å². The lowest BCUT2D eigenvalue weighted by Gasteiger charge is -2.37. The zero-order valence-corrected chi connectivity index (χ0v) is 18.1. The topological polar surface area (TPSA) is 64.7 Å². The summed E-state index contributed by atoms with van der Waals surface area (Å²) in [6.07, 6.45) is 0.583. The van der Waals surface area contributed by atoms with E-state index in [1.807, 2.05) is 59.5 Å². The van der Waals surface area contributed by atoms with Crippen molar-refractivity contribution in [2.45, 2.75) is 33.7 Å². The van der Waals surface area contributed by atoms with Crippen LogP contribution in [0.15, 0.2) is 54.6 Å². The molecule has 0 unspecified atom stereocenters. The molecule has 3 amide bonds. The van der Waals surface area contributed by atoms with Gasteiger partial charge in [0, 0.05) is 50.5 Å². The molecule has 0 bridgehead atoms. The van der Waals surface area contributed by atoms with E-state index in [1.165, 1.54) is 0 Å². The fourth-order valence-corrected chi connectivity index (χ4v) is 3.49. The predicted molar refractivity (Wildman–Crippen MR) is 122 cm³/mol. The third kappa shape index (κ3) is 6.51. The lowest BCUT2D eigenvalue weighted by molar-refractivity contribution is -0.133. The minimum atomic E-state index is -0.224. The van der Waals surface area contributed by atoms with E-state index in [9.17, 15) is 9.59 Å². The van der Waals surface area contributed by atoms with E-state index in [1.54, 1.807) is 0 Å². The Hall–Kier alpha value is -3.02. The van der Waals surface area contributed by atoms with Crippen LogP contribution in [0.4, 0.5) is 16.2 Å². The molecule has 0 spiro atoms. The predicted octanol–water partition coefficient (Wildman–Crippen LogP) is 4.09. The Kier molecular flexibility index (Phi) is 6.98. The smallest absolute Gasteiger partial charge is 0.319 e. The highest BCUT2D eigenvalue weighted by atomic mass is 16.2. The molecule has 6 nitrogen and oxygen atoms in total. The highest BCUT2D eigenvalue weighted by Gasteiger charge is 2.24. The van der Waals surface area contributed by atoms with Gasteiger partial charge in [0.2, 0.25) is 5.91 Å². The molecule has 6 heteroatoms. The molecule has 2 aromatic carbocycles. The number of amides is 3. The Morgan fingerprint density at radius 2 is 1.53 bits per heavy atom. The summed E-state index contributed by atoms with van der Waals surface area (Å²) in [6.45, 7) is 9.91. The summed E-state index contributed by atoms with van der Waals surface area (Å²) < 4.78 is 0. The SMILES string of the molecule is CC(C)(C)CC(=O)N1CCN(c2ccc(NC(=O)NCc3ccccc3)cc2)CC1. The zero-order chi connectivity index (χ0) is 21.6. The molecule has 0 saturated carbocycles. The maximum atomic E-state index is 12.4. The largest absolute Gasteiger partial charge is 0.368 e. The van der Waals surface area contributed by atoms with Gasteiger partial charge in [-0.2, -0.15) is 0 Å². The van der Waals surface area contributed by atoms with Crippen LogP contribution in [0.1, 0.15) is 32.8 Å². The summed E-state index contributed by atoms with van der Waals surface area (Å²) >= 11 is 0. The van der Waals surface area contributed by atoms with Crippen LogP contribution in [0.25, 0.3) is 0 Å². The van der Waals surface area contributed by atoms with Crippen LogP contribution in [0.3, 0.4) is 0 Å². The minimum Gasteiger partial charge on any atom is -0.368 e. The van der Waals surface area contributed by atoms with Gasteiger partial charge in [0.05, 0.1) is 0 Å². The maximum absolute atomic E-state index is 12.4. The number of nitrogens with zero attached hydrogens (tertiary/aromatic N) is 2. The normalized spacial score (nSPS) is 14.4. The van der Waals surface area contributed by atoms with E-state index in [-0.39, 0.29) is 17.4 Å². The highest BCUT2D eigenvalue weighted by molar-refractivity contribution is 5.89. The van der Waals surface area contributed by atoms with Crippen molar-refractivity contribution in [2.75, 3.05) is 36.4 Å². The molecule has 30 heavy (non-hydrogen) atoms. The lowest BCUT2D eigenvalue weighted by Crippen LogP contribution is -2.49. The molecule has 2 N–H and O–H groups in total. The average Bonchev–Trinajstić information content (AvgIpc) is 2.72. The van der Waals surface area contributed by atoms with E-state index in [4.69, 9.17) is 0 Å². The Morgan fingerprint density at radius 1 is 0.900 bits per heavy atom. The number of benzene rings is 2. The maximum Gasteiger partial charge on any atom is 0.319 e. The molecule has 1 heterocycles. The summed E-state index contributed by atoms with van der Waals surface area (Å²) in [5.41, 5.74) is 2.93. The van der Waals surface area contributed by atoms with Gasteiger partial charge < -0.3 is 20.4 Å². The number of anilines is 2. The summed E-state index contributed by atoms with van der Waals surface area (Å²) in [6, 6.07) is 17.4. The van der Waals surface area contributed by atoms with Crippen molar-refractivity contribution in [3.63, 3.8) is 0 Å². The number of hydrogen-bond donors (Lipinski definition) is 2. The van der Waals surface area contributed by atoms with Gasteiger partial charge in [0.25, 0.3) is 0 Å². The van der Waals surface area contributed by atoms with Crippen LogP contribution in [0.5, 0.6) is 0 Å². The molecule has 1 aliphatic rings. The van der Waals surface area contributed by atoms with Gasteiger partial charge in [0.1, 0.15) is 0 Å². The first-order valence-corrected chi connectivity index (χ1v) is 10.5. The number of carbonyl (C=O) groups excluding carboxylic acids is 2. The van der Waals surface area contributed by atoms with Crippen molar-refractivity contribution in [3.8, 4) is 0 Å². The van der Waals surface area contributed by atoms with Crippen molar-refractivity contribution in [1.82, 2.24) is 10.2 Å². The molecule has 0 radical (unpaired) electrons. The molecule has 0 atom stereocenters. The molecular weight excluding hydrogens is 376 g/mol. The van der Waals surface area contributed by atoms with Crippen molar-refractivity contribution in [3.05, 3.63) is 60.2 Å². The van der Waals surface area contributed by atoms with E-state index in [0.717, 1.165) is 43.1 Å². The van der Waals surface area contributed by atoms with Crippen molar-refractivity contribution < 1.29 is 9.59 Å². The zero-order valence-electron chi connectivity index (χ0n) is 18.1. The Bertz CT molecular complexity index is 836. The summed E-state index contributed by atoms with van der Waals surface area (Å²) in [4.78, 5) is 28.8. The fraction of sp³-hybridized carbons (Fsp3) is 0.417. The van der Waals surface area contributed by atoms with Crippen molar-refractivity contribution in [2.24, 2.45) is 5.41 Å². The second kappa shape index (κ2) is 9.65. The summed E-state index contributed by atoms with van der Waals surface area (Å²) in [5, 5.41) is 5.72. The Morgan fingerprint density at radius 3 is 2.13 bits per heavy atom. The summed E-state index contributed by atoms with van der Waals surface area (Å²) in [5.74, 6) is 0.239. The van der Waals surface area contributed by atoms with Gasteiger partial charge in [-0.05, 0) is 35.2 Å². The quantitative estimate of drug-likeness (QED) is 0.783. The second-order valence-corrected chi connectivity index (χ2v) is 8.95. The Balaban J connectivity index is 1.45. The van der Waals surface area contributed by atoms with Gasteiger partial charge in [-0.1, -0.05) is 51.1 Å². The van der Waals surface area contributed by atoms with Gasteiger partial charge >= 0.3 is 6.03 Å². The lowest BCUT2D eigenvalue weighted by atomic mass is 9.91. The van der Waals surface area contributed by atoms with E-state index < -0.39 is 0 Å². The number of carbonyl (C=O) groups is 2. The average molecular weight is 409 g/mol. The fourth-order valence-electron chi connectivity index (χ4n) is 3.49. The first-order chi connectivity index (χ1) is 14.3. The number of nitrogens with one attached hydrogen (secondary N) is 2. The second-order valence-electron chi connectivity index (χ2n) is 8.95. The van der Waals surface area contributed by atoms with Crippen LogP contribution in [0, 0.1) is 5.41 Å². The number of piperazine rings is 1. The standard InChI is InChI=1S/C24H32N4O2/c1-24(2,3)17-22(29)28-15-13-27(14-16-28)21-11-9-20(10-12-21)26-23(30)25-18-19-7-5-4-6-8-19/h4-12H,13-18H2,1-3H3,(H2,25,26,30). The van der Waals surface area contributed by atoms with Crippen molar-refractivity contribution >= 4 is 23.3 Å². The van der Waals surface area contributed by atoms with Crippen molar-refractivity contribution in [1.29, 1.82) is 0 Å². The third-order valence-electron chi connectivity index (χ3n) is 5.10. The van der Waals surface area contributed by atoms with Gasteiger partial charge in [-0.3, -0.25) is 4.79 Å². The molecule has 2 aromatic rings. The number of hydrogen-bond acceptors (Lipinski definition) is 3. The van der Waals surface area contributed by atoms with Crippen LogP contribution in [0.2, 0.25) is 0 Å². The highest BCUT2D eigenvalue weighted by Crippen LogP contribution is 2.22. The minimum absolute atomic E-state index is 0.0183. The molecule has 1 aliphatic heterocycles. The molecule has 0 aromatic heterocycles. The molecule has 3 rings (SSSR count). The van der Waals surface area contributed by atoms with Gasteiger partial charge in [-0.25, -0.2) is 4.79 Å². The monoisotopic (exact) mass is 408 g/mol. The molecule has 1 fully saturated rings. The van der Waals surface area contributed by atoms with Crippen LogP contribution in [-0.4, -0.2) is 43.0 Å². The third-order valence-corrected chi connectivity index (χ3v) is 5.10. The molecule has 0 aliphatic carbocycles. The van der Waals surface area contributed by atoms with Crippen LogP contribution >= 0.6 is 0 Å². The van der Waals surface area contributed by atoms with Gasteiger partial charge in [-0.15, -0.1) is 0 Å². The number of rotatable bonds is 5. The van der Waals surface area contributed by atoms with E-state index >= 15 is 0 Å². The van der Waals surface area contributed by atoms with E-state index in [0.29, 0.717) is 13.0 Å². The first kappa shape index (κ1) is 21.7. The number of urea groups is 1. The summed E-state index contributed by atoms with van der Waals surface area (Å²) in [7, 11) is 0. The molecule has 1 saturated heterocycles. The molecular formula is C24H32N4O2. The first-order valence-electron chi connectivity index (χ1n) is 10.5. The van der Waals surface area contributed by atoms with Crippen LogP contribution in [-0.2, 0) is 11.3 Å². The Labute approximate surface area is 179 Å². The van der Waals surface area contributed by atoms with Crippen LogP contribution < -0.4 is 15.5 Å². The molecule has 160 valence electrons.